The SMILES string of the molecule is CCCCN(CC)c1ccc(C(=O)Nc2ccc(C)c(-n3nnnc3C)c2)cc1. The molecule has 0 aliphatic rings. The second-order valence-corrected chi connectivity index (χ2v) is 7.07. The average molecular weight is 393 g/mol. The largest absolute Gasteiger partial charge is 0.372 e. The number of hydrogen-bond donors (Lipinski definition) is 1. The first kappa shape index (κ1) is 20.5. The van der Waals surface area contributed by atoms with E-state index in [1.54, 1.807) is 4.68 Å². The lowest BCUT2D eigenvalue weighted by molar-refractivity contribution is 0.102. The van der Waals surface area contributed by atoms with E-state index >= 15 is 0 Å². The highest BCUT2D eigenvalue weighted by Gasteiger charge is 2.11. The molecule has 7 heteroatoms. The van der Waals surface area contributed by atoms with Gasteiger partial charge in [-0.05, 0) is 79.6 Å². The molecule has 3 rings (SSSR count). The lowest BCUT2D eigenvalue weighted by Crippen LogP contribution is -2.23. The number of anilines is 2. The molecule has 152 valence electrons. The van der Waals surface area contributed by atoms with Gasteiger partial charge < -0.3 is 10.2 Å². The van der Waals surface area contributed by atoms with Gasteiger partial charge in [-0.3, -0.25) is 4.79 Å². The molecule has 1 N–H and O–H groups in total. The minimum atomic E-state index is -0.142. The van der Waals surface area contributed by atoms with E-state index < -0.39 is 0 Å². The number of aromatic nitrogens is 4. The zero-order valence-corrected chi connectivity index (χ0v) is 17.5. The Labute approximate surface area is 171 Å². The van der Waals surface area contributed by atoms with Crippen molar-refractivity contribution < 1.29 is 4.79 Å². The molecular weight excluding hydrogens is 364 g/mol. The summed E-state index contributed by atoms with van der Waals surface area (Å²) < 4.78 is 1.66. The summed E-state index contributed by atoms with van der Waals surface area (Å²) in [7, 11) is 0. The molecule has 0 spiro atoms. The van der Waals surface area contributed by atoms with Gasteiger partial charge in [-0.15, -0.1) is 5.10 Å². The second kappa shape index (κ2) is 9.32. The van der Waals surface area contributed by atoms with Crippen LogP contribution >= 0.6 is 0 Å². The summed E-state index contributed by atoms with van der Waals surface area (Å²) in [5.41, 5.74) is 4.34. The van der Waals surface area contributed by atoms with Crippen molar-refractivity contribution in [1.82, 2.24) is 20.2 Å². The number of unbranched alkanes of at least 4 members (excludes halogenated alkanes) is 1. The third-order valence-electron chi connectivity index (χ3n) is 4.98. The third kappa shape index (κ3) is 4.80. The zero-order chi connectivity index (χ0) is 20.8. The first-order chi connectivity index (χ1) is 14.0. The molecule has 0 unspecified atom stereocenters. The van der Waals surface area contributed by atoms with E-state index in [1.807, 2.05) is 56.3 Å². The van der Waals surface area contributed by atoms with Crippen LogP contribution in [0.1, 0.15) is 48.4 Å². The van der Waals surface area contributed by atoms with Crippen molar-refractivity contribution >= 4 is 17.3 Å². The molecule has 2 aromatic carbocycles. The predicted molar refractivity (Wildman–Crippen MR) is 116 cm³/mol. The molecule has 0 aliphatic carbocycles. The fourth-order valence-electron chi connectivity index (χ4n) is 3.22. The van der Waals surface area contributed by atoms with E-state index in [0.717, 1.165) is 36.4 Å². The highest BCUT2D eigenvalue weighted by atomic mass is 16.1. The van der Waals surface area contributed by atoms with Gasteiger partial charge in [-0.25, -0.2) is 0 Å². The minimum absolute atomic E-state index is 0.142. The highest BCUT2D eigenvalue weighted by molar-refractivity contribution is 6.04. The third-order valence-corrected chi connectivity index (χ3v) is 4.98. The van der Waals surface area contributed by atoms with Crippen LogP contribution in [0.3, 0.4) is 0 Å². The number of tetrazole rings is 1. The van der Waals surface area contributed by atoms with Crippen molar-refractivity contribution in [2.24, 2.45) is 0 Å². The molecule has 0 radical (unpaired) electrons. The fourth-order valence-corrected chi connectivity index (χ4v) is 3.22. The highest BCUT2D eigenvalue weighted by Crippen LogP contribution is 2.21. The number of aryl methyl sites for hydroxylation is 2. The van der Waals surface area contributed by atoms with Crippen molar-refractivity contribution in [2.45, 2.75) is 40.5 Å². The Kier molecular flexibility index (Phi) is 6.59. The number of benzene rings is 2. The maximum atomic E-state index is 12.7. The molecule has 0 bridgehead atoms. The Morgan fingerprint density at radius 2 is 1.86 bits per heavy atom. The molecule has 0 atom stereocenters. The van der Waals surface area contributed by atoms with Crippen LogP contribution in [-0.4, -0.2) is 39.2 Å². The summed E-state index contributed by atoms with van der Waals surface area (Å²) >= 11 is 0. The number of amides is 1. The van der Waals surface area contributed by atoms with Gasteiger partial charge in [0.25, 0.3) is 5.91 Å². The van der Waals surface area contributed by atoms with Crippen LogP contribution < -0.4 is 10.2 Å². The lowest BCUT2D eigenvalue weighted by Gasteiger charge is -2.23. The Bertz CT molecular complexity index is 964. The Morgan fingerprint density at radius 3 is 2.48 bits per heavy atom. The molecule has 7 nitrogen and oxygen atoms in total. The van der Waals surface area contributed by atoms with E-state index in [4.69, 9.17) is 0 Å². The van der Waals surface area contributed by atoms with Gasteiger partial charge in [-0.1, -0.05) is 19.4 Å². The quantitative estimate of drug-likeness (QED) is 0.623. The monoisotopic (exact) mass is 392 g/mol. The molecular formula is C22H28N6O. The van der Waals surface area contributed by atoms with Crippen LogP contribution in [-0.2, 0) is 0 Å². The number of hydrogen-bond acceptors (Lipinski definition) is 5. The lowest BCUT2D eigenvalue weighted by atomic mass is 10.1. The summed E-state index contributed by atoms with van der Waals surface area (Å²) in [6, 6.07) is 13.5. The van der Waals surface area contributed by atoms with Gasteiger partial charge in [0.1, 0.15) is 0 Å². The van der Waals surface area contributed by atoms with Gasteiger partial charge in [-0.2, -0.15) is 4.68 Å². The number of nitrogens with zero attached hydrogens (tertiary/aromatic N) is 5. The van der Waals surface area contributed by atoms with Crippen LogP contribution in [0.4, 0.5) is 11.4 Å². The van der Waals surface area contributed by atoms with E-state index in [0.29, 0.717) is 17.1 Å². The van der Waals surface area contributed by atoms with Gasteiger partial charge in [0, 0.05) is 30.0 Å². The van der Waals surface area contributed by atoms with Crippen LogP contribution in [0.15, 0.2) is 42.5 Å². The Hall–Kier alpha value is -3.22. The summed E-state index contributed by atoms with van der Waals surface area (Å²) in [6.45, 7) is 10.1. The van der Waals surface area contributed by atoms with Crippen molar-refractivity contribution in [3.8, 4) is 5.69 Å². The van der Waals surface area contributed by atoms with Gasteiger partial charge in [0.15, 0.2) is 5.82 Å². The molecule has 0 aliphatic heterocycles. The maximum Gasteiger partial charge on any atom is 0.255 e. The first-order valence-corrected chi connectivity index (χ1v) is 10.1. The van der Waals surface area contributed by atoms with Crippen LogP contribution in [0, 0.1) is 13.8 Å². The molecule has 0 saturated heterocycles. The molecule has 29 heavy (non-hydrogen) atoms. The molecule has 3 aromatic rings. The van der Waals surface area contributed by atoms with E-state index in [1.165, 1.54) is 6.42 Å². The van der Waals surface area contributed by atoms with Crippen molar-refractivity contribution in [3.05, 3.63) is 59.4 Å². The number of nitrogens with one attached hydrogen (secondary N) is 1. The fraction of sp³-hybridized carbons (Fsp3) is 0.364. The summed E-state index contributed by atoms with van der Waals surface area (Å²) in [5.74, 6) is 0.548. The topological polar surface area (TPSA) is 75.9 Å². The van der Waals surface area contributed by atoms with Crippen LogP contribution in [0.2, 0.25) is 0 Å². The van der Waals surface area contributed by atoms with Crippen molar-refractivity contribution in [2.75, 3.05) is 23.3 Å². The van der Waals surface area contributed by atoms with Crippen LogP contribution in [0.5, 0.6) is 0 Å². The number of carbonyl (C=O) groups is 1. The van der Waals surface area contributed by atoms with Gasteiger partial charge in [0.2, 0.25) is 0 Å². The summed E-state index contributed by atoms with van der Waals surface area (Å²) in [5, 5.41) is 14.6. The molecule has 1 amide bonds. The predicted octanol–water partition coefficient (Wildman–Crippen LogP) is 4.16. The van der Waals surface area contributed by atoms with Gasteiger partial charge >= 0.3 is 0 Å². The average Bonchev–Trinajstić information content (AvgIpc) is 3.16. The molecule has 0 saturated carbocycles. The van der Waals surface area contributed by atoms with Crippen molar-refractivity contribution in [1.29, 1.82) is 0 Å². The number of carbonyl (C=O) groups excluding carboxylic acids is 1. The van der Waals surface area contributed by atoms with Crippen molar-refractivity contribution in [3.63, 3.8) is 0 Å². The maximum absolute atomic E-state index is 12.7. The molecule has 1 aromatic heterocycles. The van der Waals surface area contributed by atoms with Crippen LogP contribution in [0.25, 0.3) is 5.69 Å². The normalized spacial score (nSPS) is 10.8. The summed E-state index contributed by atoms with van der Waals surface area (Å²) in [4.78, 5) is 15.0. The second-order valence-electron chi connectivity index (χ2n) is 7.07. The van der Waals surface area contributed by atoms with E-state index in [2.05, 4.69) is 39.6 Å². The smallest absolute Gasteiger partial charge is 0.255 e. The Morgan fingerprint density at radius 1 is 1.10 bits per heavy atom. The van der Waals surface area contributed by atoms with E-state index in [9.17, 15) is 4.79 Å². The Balaban J connectivity index is 1.74. The summed E-state index contributed by atoms with van der Waals surface area (Å²) in [6.07, 6.45) is 2.33. The van der Waals surface area contributed by atoms with Gasteiger partial charge in [0.05, 0.1) is 5.69 Å². The van der Waals surface area contributed by atoms with E-state index in [-0.39, 0.29) is 5.91 Å². The number of rotatable bonds is 8. The molecule has 0 fully saturated rings. The minimum Gasteiger partial charge on any atom is -0.372 e. The zero-order valence-electron chi connectivity index (χ0n) is 17.5. The standard InChI is InChI=1S/C22H28N6O/c1-5-7-14-27(6-2)20-12-9-18(10-13-20)22(29)23-19-11-8-16(3)21(15-19)28-17(4)24-25-26-28/h8-13,15H,5-7,14H2,1-4H3,(H,23,29). The first-order valence-electron chi connectivity index (χ1n) is 10.1. The molecule has 1 heterocycles.